The predicted molar refractivity (Wildman–Crippen MR) is 90.2 cm³/mol. The van der Waals surface area contributed by atoms with E-state index in [0.717, 1.165) is 12.8 Å². The average Bonchev–Trinajstić information content (AvgIpc) is 2.79. The highest BCUT2D eigenvalue weighted by Gasteiger charge is 2.17. The molecular weight excluding hydrogens is 306 g/mol. The molecule has 0 saturated heterocycles. The van der Waals surface area contributed by atoms with Crippen LogP contribution >= 0.6 is 0 Å². The van der Waals surface area contributed by atoms with Crippen LogP contribution in [0.5, 0.6) is 0 Å². The van der Waals surface area contributed by atoms with Crippen molar-refractivity contribution in [3.63, 3.8) is 0 Å². The first-order valence-electron chi connectivity index (χ1n) is 8.47. The first kappa shape index (κ1) is 16.4. The van der Waals surface area contributed by atoms with Crippen molar-refractivity contribution in [2.24, 2.45) is 0 Å². The molecule has 0 aliphatic heterocycles. The van der Waals surface area contributed by atoms with Gasteiger partial charge in [0.1, 0.15) is 23.1 Å². The van der Waals surface area contributed by atoms with Gasteiger partial charge >= 0.3 is 0 Å². The highest BCUT2D eigenvalue weighted by atomic mass is 16.5. The van der Waals surface area contributed by atoms with Gasteiger partial charge in [-0.15, -0.1) is 0 Å². The van der Waals surface area contributed by atoms with Crippen LogP contribution in [0, 0.1) is 13.8 Å². The molecule has 128 valence electrons. The number of hydrogen-bond donors (Lipinski definition) is 2. The van der Waals surface area contributed by atoms with Gasteiger partial charge in [0, 0.05) is 18.2 Å². The van der Waals surface area contributed by atoms with Crippen molar-refractivity contribution in [3.8, 4) is 0 Å². The maximum Gasteiger partial charge on any atom is 0.270 e. The van der Waals surface area contributed by atoms with E-state index in [4.69, 9.17) is 4.52 Å². The van der Waals surface area contributed by atoms with Crippen LogP contribution in [0.15, 0.2) is 16.7 Å². The van der Waals surface area contributed by atoms with Crippen LogP contribution in [0.2, 0.25) is 0 Å². The molecule has 2 aromatic heterocycles. The van der Waals surface area contributed by atoms with Gasteiger partial charge in [0.15, 0.2) is 5.82 Å². The Morgan fingerprint density at radius 3 is 2.50 bits per heavy atom. The SMILES string of the molecule is Cc1nc(Nc2cc(C)on2)cc(C(=O)NC2CCCCCC2)n1. The molecule has 1 saturated carbocycles. The summed E-state index contributed by atoms with van der Waals surface area (Å²) in [5, 5.41) is 10.0. The summed E-state index contributed by atoms with van der Waals surface area (Å²) >= 11 is 0. The van der Waals surface area contributed by atoms with E-state index in [9.17, 15) is 4.79 Å². The lowest BCUT2D eigenvalue weighted by molar-refractivity contribution is 0.0928. The van der Waals surface area contributed by atoms with E-state index in [1.54, 1.807) is 19.1 Å². The molecule has 3 rings (SSSR count). The highest BCUT2D eigenvalue weighted by Crippen LogP contribution is 2.18. The average molecular weight is 329 g/mol. The van der Waals surface area contributed by atoms with Gasteiger partial charge in [-0.2, -0.15) is 0 Å². The van der Waals surface area contributed by atoms with Crippen molar-refractivity contribution in [2.45, 2.75) is 58.4 Å². The van der Waals surface area contributed by atoms with Crippen LogP contribution < -0.4 is 10.6 Å². The minimum absolute atomic E-state index is 0.146. The minimum atomic E-state index is -0.146. The van der Waals surface area contributed by atoms with Gasteiger partial charge in [0.05, 0.1) is 0 Å². The van der Waals surface area contributed by atoms with Crippen LogP contribution in [0.25, 0.3) is 0 Å². The summed E-state index contributed by atoms with van der Waals surface area (Å²) < 4.78 is 5.02. The smallest absolute Gasteiger partial charge is 0.270 e. The fraction of sp³-hybridized carbons (Fsp3) is 0.529. The Morgan fingerprint density at radius 2 is 1.83 bits per heavy atom. The number of anilines is 2. The molecule has 0 radical (unpaired) electrons. The van der Waals surface area contributed by atoms with E-state index < -0.39 is 0 Å². The van der Waals surface area contributed by atoms with E-state index in [2.05, 4.69) is 25.8 Å². The van der Waals surface area contributed by atoms with E-state index in [-0.39, 0.29) is 11.9 Å². The summed E-state index contributed by atoms with van der Waals surface area (Å²) in [4.78, 5) is 21.1. The Hall–Kier alpha value is -2.44. The van der Waals surface area contributed by atoms with Gasteiger partial charge in [-0.25, -0.2) is 9.97 Å². The lowest BCUT2D eigenvalue weighted by Gasteiger charge is -2.16. The number of nitrogens with zero attached hydrogens (tertiary/aromatic N) is 3. The zero-order valence-electron chi connectivity index (χ0n) is 14.1. The summed E-state index contributed by atoms with van der Waals surface area (Å²) in [6.07, 6.45) is 6.94. The molecule has 1 fully saturated rings. The first-order chi connectivity index (χ1) is 11.6. The zero-order chi connectivity index (χ0) is 16.9. The number of carbonyl (C=O) groups is 1. The number of amides is 1. The number of carbonyl (C=O) groups excluding carboxylic acids is 1. The van der Waals surface area contributed by atoms with Gasteiger partial charge in [-0.05, 0) is 26.7 Å². The molecule has 2 N–H and O–H groups in total. The molecule has 2 heterocycles. The van der Waals surface area contributed by atoms with Crippen molar-refractivity contribution in [3.05, 3.63) is 29.4 Å². The summed E-state index contributed by atoms with van der Waals surface area (Å²) in [6, 6.07) is 3.65. The molecule has 0 bridgehead atoms. The number of rotatable bonds is 4. The second-order valence-corrected chi connectivity index (χ2v) is 6.30. The molecule has 0 unspecified atom stereocenters. The third-order valence-corrected chi connectivity index (χ3v) is 4.15. The summed E-state index contributed by atoms with van der Waals surface area (Å²) in [6.45, 7) is 3.58. The van der Waals surface area contributed by atoms with Crippen LogP contribution in [-0.4, -0.2) is 27.1 Å². The largest absolute Gasteiger partial charge is 0.360 e. The summed E-state index contributed by atoms with van der Waals surface area (Å²) in [5.74, 6) is 2.18. The van der Waals surface area contributed by atoms with Gasteiger partial charge in [0.25, 0.3) is 5.91 Å². The topological polar surface area (TPSA) is 92.9 Å². The van der Waals surface area contributed by atoms with E-state index in [0.29, 0.717) is 28.9 Å². The quantitative estimate of drug-likeness (QED) is 0.836. The number of hydrogen-bond acceptors (Lipinski definition) is 6. The molecular formula is C17H23N5O2. The fourth-order valence-corrected chi connectivity index (χ4v) is 2.99. The third kappa shape index (κ3) is 4.31. The van der Waals surface area contributed by atoms with Gasteiger partial charge < -0.3 is 15.2 Å². The molecule has 7 nitrogen and oxygen atoms in total. The maximum atomic E-state index is 12.5. The Bertz CT molecular complexity index is 705. The van der Waals surface area contributed by atoms with Crippen LogP contribution in [0.3, 0.4) is 0 Å². The fourth-order valence-electron chi connectivity index (χ4n) is 2.99. The lowest BCUT2D eigenvalue weighted by atomic mass is 10.1. The Morgan fingerprint density at radius 1 is 1.08 bits per heavy atom. The number of aromatic nitrogens is 3. The molecule has 1 aliphatic rings. The molecule has 0 aromatic carbocycles. The van der Waals surface area contributed by atoms with Gasteiger partial charge in [-0.3, -0.25) is 4.79 Å². The number of aryl methyl sites for hydroxylation is 2. The van der Waals surface area contributed by atoms with E-state index in [1.807, 2.05) is 6.92 Å². The minimum Gasteiger partial charge on any atom is -0.360 e. The normalized spacial score (nSPS) is 15.8. The Balaban J connectivity index is 1.71. The molecule has 0 spiro atoms. The van der Waals surface area contributed by atoms with Crippen molar-refractivity contribution in [1.82, 2.24) is 20.4 Å². The monoisotopic (exact) mass is 329 g/mol. The van der Waals surface area contributed by atoms with Crippen molar-refractivity contribution < 1.29 is 9.32 Å². The molecule has 24 heavy (non-hydrogen) atoms. The second-order valence-electron chi connectivity index (χ2n) is 6.30. The predicted octanol–water partition coefficient (Wildman–Crippen LogP) is 3.28. The standard InChI is InChI=1S/C17H23N5O2/c1-11-9-16(22-24-11)21-15-10-14(18-12(2)19-15)17(23)20-13-7-5-3-4-6-8-13/h9-10,13H,3-8H2,1-2H3,(H,20,23)(H,18,19,21,22). The Labute approximate surface area is 141 Å². The van der Waals surface area contributed by atoms with Crippen LogP contribution in [0.1, 0.15) is 60.6 Å². The molecule has 7 heteroatoms. The maximum absolute atomic E-state index is 12.5. The van der Waals surface area contributed by atoms with Gasteiger partial charge in [-0.1, -0.05) is 30.8 Å². The molecule has 1 amide bonds. The second kappa shape index (κ2) is 7.42. The van der Waals surface area contributed by atoms with Crippen molar-refractivity contribution in [2.75, 3.05) is 5.32 Å². The highest BCUT2D eigenvalue weighted by molar-refractivity contribution is 5.93. The summed E-state index contributed by atoms with van der Waals surface area (Å²) in [7, 11) is 0. The first-order valence-corrected chi connectivity index (χ1v) is 8.47. The Kier molecular flexibility index (Phi) is 5.08. The molecule has 1 aliphatic carbocycles. The third-order valence-electron chi connectivity index (χ3n) is 4.15. The van der Waals surface area contributed by atoms with Crippen molar-refractivity contribution in [1.29, 1.82) is 0 Å². The molecule has 0 atom stereocenters. The van der Waals surface area contributed by atoms with Crippen LogP contribution in [-0.2, 0) is 0 Å². The molecule has 2 aromatic rings. The van der Waals surface area contributed by atoms with Crippen molar-refractivity contribution >= 4 is 17.5 Å². The lowest BCUT2D eigenvalue weighted by Crippen LogP contribution is -2.35. The van der Waals surface area contributed by atoms with Gasteiger partial charge in [0.2, 0.25) is 0 Å². The van der Waals surface area contributed by atoms with E-state index in [1.165, 1.54) is 25.7 Å². The number of nitrogens with one attached hydrogen (secondary N) is 2. The zero-order valence-corrected chi connectivity index (χ0v) is 14.1. The van der Waals surface area contributed by atoms with E-state index >= 15 is 0 Å². The van der Waals surface area contributed by atoms with Crippen LogP contribution in [0.4, 0.5) is 11.6 Å². The summed E-state index contributed by atoms with van der Waals surface area (Å²) in [5.41, 5.74) is 0.370.